The van der Waals surface area contributed by atoms with Gasteiger partial charge in [0.05, 0.1) is 0 Å². The Bertz CT molecular complexity index is 281. The van der Waals surface area contributed by atoms with E-state index in [1.807, 2.05) is 25.1 Å². The van der Waals surface area contributed by atoms with Crippen molar-refractivity contribution in [1.29, 1.82) is 0 Å². The van der Waals surface area contributed by atoms with Gasteiger partial charge in [0.25, 0.3) is 0 Å². The Morgan fingerprint density at radius 3 is 1.48 bits per heavy atom. The van der Waals surface area contributed by atoms with E-state index in [2.05, 4.69) is 30.7 Å². The van der Waals surface area contributed by atoms with Crippen molar-refractivity contribution in [3.05, 3.63) is 30.1 Å². The maximum Gasteiger partial charge on any atom is 2.00 e. The van der Waals surface area contributed by atoms with E-state index in [0.29, 0.717) is 0 Å². The van der Waals surface area contributed by atoms with Crippen molar-refractivity contribution >= 4 is 0 Å². The van der Waals surface area contributed by atoms with Crippen LogP contribution in [-0.2, 0) is 21.1 Å². The molecule has 5 heteroatoms. The van der Waals surface area contributed by atoms with Crippen molar-refractivity contribution in [1.82, 2.24) is 9.88 Å². The second kappa shape index (κ2) is 24.6. The normalized spacial score (nSPS) is 8.91. The first-order chi connectivity index (χ1) is 9.74. The molecule has 0 aliphatic carbocycles. The molecule has 0 atom stereocenters. The fraction of sp³-hybridized carbons (Fsp3) is 0.722. The van der Waals surface area contributed by atoms with E-state index in [1.54, 1.807) is 6.20 Å². The molecule has 0 unspecified atom stereocenters. The van der Waals surface area contributed by atoms with Crippen molar-refractivity contribution in [2.24, 2.45) is 0 Å². The Labute approximate surface area is 171 Å². The molecule has 0 aromatic carbocycles. The van der Waals surface area contributed by atoms with Crippen LogP contribution in [0.25, 0.3) is 0 Å². The topological polar surface area (TPSA) is 16.1 Å². The van der Waals surface area contributed by atoms with Gasteiger partial charge in [0.2, 0.25) is 0 Å². The SMILES string of the molecule is CCCCN(CCCC)CCCC.Cc1ccccn1.[Cl-].[Cl-].[Pt+2]. The summed E-state index contributed by atoms with van der Waals surface area (Å²) in [5.41, 5.74) is 1.07. The Morgan fingerprint density at radius 2 is 1.26 bits per heavy atom. The Morgan fingerprint density at radius 1 is 0.826 bits per heavy atom. The first-order valence-corrected chi connectivity index (χ1v) is 8.34. The first-order valence-electron chi connectivity index (χ1n) is 8.34. The molecule has 0 bridgehead atoms. The van der Waals surface area contributed by atoms with Crippen LogP contribution >= 0.6 is 0 Å². The minimum absolute atomic E-state index is 0. The van der Waals surface area contributed by atoms with Gasteiger partial charge >= 0.3 is 21.1 Å². The minimum atomic E-state index is 0. The van der Waals surface area contributed by atoms with Gasteiger partial charge in [-0.1, -0.05) is 46.1 Å². The molecule has 140 valence electrons. The second-order valence-electron chi connectivity index (χ2n) is 5.37. The van der Waals surface area contributed by atoms with Gasteiger partial charge in [-0.15, -0.1) is 0 Å². The van der Waals surface area contributed by atoms with E-state index >= 15 is 0 Å². The van der Waals surface area contributed by atoms with Gasteiger partial charge in [-0.3, -0.25) is 4.98 Å². The van der Waals surface area contributed by atoms with Gasteiger partial charge < -0.3 is 29.7 Å². The molecular weight excluding hydrogens is 510 g/mol. The third kappa shape index (κ3) is 22.4. The molecule has 0 aliphatic heterocycles. The summed E-state index contributed by atoms with van der Waals surface area (Å²) in [6.07, 6.45) is 9.88. The molecule has 1 aromatic rings. The second-order valence-corrected chi connectivity index (χ2v) is 5.37. The van der Waals surface area contributed by atoms with Crippen molar-refractivity contribution < 1.29 is 45.9 Å². The van der Waals surface area contributed by atoms with E-state index in [0.717, 1.165) is 5.69 Å². The summed E-state index contributed by atoms with van der Waals surface area (Å²) < 4.78 is 0. The molecule has 1 rings (SSSR count). The molecule has 0 amide bonds. The standard InChI is InChI=1S/C12H27N.C6H7N.2ClH.Pt/c1-4-7-10-13(11-8-5-2)12-9-6-3;1-6-4-2-3-5-7-6;;;/h4-12H2,1-3H3;2-5H,1H3;2*1H;/q;;;;+2/p-2. The van der Waals surface area contributed by atoms with E-state index in [-0.39, 0.29) is 45.9 Å². The maximum atomic E-state index is 3.98. The van der Waals surface area contributed by atoms with Crippen molar-refractivity contribution in [3.8, 4) is 0 Å². The zero-order chi connectivity index (χ0) is 15.1. The van der Waals surface area contributed by atoms with E-state index < -0.39 is 0 Å². The summed E-state index contributed by atoms with van der Waals surface area (Å²) >= 11 is 0. The molecule has 0 saturated carbocycles. The maximum absolute atomic E-state index is 3.98. The zero-order valence-corrected chi connectivity index (χ0v) is 18.9. The largest absolute Gasteiger partial charge is 2.00 e. The zero-order valence-electron chi connectivity index (χ0n) is 15.1. The number of hydrogen-bond acceptors (Lipinski definition) is 2. The van der Waals surface area contributed by atoms with Crippen molar-refractivity contribution in [2.75, 3.05) is 19.6 Å². The summed E-state index contributed by atoms with van der Waals surface area (Å²) in [5.74, 6) is 0. The molecule has 1 heterocycles. The quantitative estimate of drug-likeness (QED) is 0.400. The van der Waals surface area contributed by atoms with Crippen LogP contribution in [0, 0.1) is 6.92 Å². The molecule has 0 fully saturated rings. The molecule has 2 nitrogen and oxygen atoms in total. The molecule has 0 aliphatic rings. The summed E-state index contributed by atoms with van der Waals surface area (Å²) in [5, 5.41) is 0. The van der Waals surface area contributed by atoms with Crippen LogP contribution in [-0.4, -0.2) is 29.5 Å². The molecule has 0 N–H and O–H groups in total. The summed E-state index contributed by atoms with van der Waals surface area (Å²) in [4.78, 5) is 6.61. The van der Waals surface area contributed by atoms with Gasteiger partial charge in [0.1, 0.15) is 0 Å². The summed E-state index contributed by atoms with van der Waals surface area (Å²) in [6.45, 7) is 12.7. The number of unbranched alkanes of at least 4 members (excludes halogenated alkanes) is 3. The van der Waals surface area contributed by atoms with E-state index in [4.69, 9.17) is 0 Å². The smallest absolute Gasteiger partial charge is 1.00 e. The molecular formula is C18H34Cl2N2Pt. The predicted octanol–water partition coefficient (Wildman–Crippen LogP) is -0.916. The van der Waals surface area contributed by atoms with Crippen LogP contribution in [0.5, 0.6) is 0 Å². The Balaban J connectivity index is -0.000000156. The van der Waals surface area contributed by atoms with Gasteiger partial charge in [0.15, 0.2) is 0 Å². The van der Waals surface area contributed by atoms with E-state index in [9.17, 15) is 0 Å². The van der Waals surface area contributed by atoms with Gasteiger partial charge in [-0.2, -0.15) is 0 Å². The number of aryl methyl sites for hydroxylation is 1. The summed E-state index contributed by atoms with van der Waals surface area (Å²) in [7, 11) is 0. The van der Waals surface area contributed by atoms with Crippen LogP contribution < -0.4 is 24.8 Å². The number of hydrogen-bond donors (Lipinski definition) is 0. The molecule has 0 spiro atoms. The average molecular weight is 544 g/mol. The first kappa shape index (κ1) is 31.2. The van der Waals surface area contributed by atoms with Crippen LogP contribution in [0.4, 0.5) is 0 Å². The van der Waals surface area contributed by atoms with Crippen LogP contribution in [0.3, 0.4) is 0 Å². The van der Waals surface area contributed by atoms with Gasteiger partial charge in [0, 0.05) is 11.9 Å². The molecule has 1 aromatic heterocycles. The molecule has 0 radical (unpaired) electrons. The van der Waals surface area contributed by atoms with Crippen LogP contribution in [0.15, 0.2) is 24.4 Å². The molecule has 0 saturated heterocycles. The number of aromatic nitrogens is 1. The summed E-state index contributed by atoms with van der Waals surface area (Å²) in [6, 6.07) is 5.86. The Hall–Kier alpha value is 0.378. The van der Waals surface area contributed by atoms with E-state index in [1.165, 1.54) is 58.2 Å². The Kier molecular flexibility index (Phi) is 33.4. The fourth-order valence-corrected chi connectivity index (χ4v) is 1.93. The fourth-order valence-electron chi connectivity index (χ4n) is 1.93. The molecule has 23 heavy (non-hydrogen) atoms. The number of rotatable bonds is 9. The minimum Gasteiger partial charge on any atom is -1.00 e. The number of halogens is 2. The third-order valence-electron chi connectivity index (χ3n) is 3.30. The number of pyridine rings is 1. The van der Waals surface area contributed by atoms with Crippen LogP contribution in [0.2, 0.25) is 0 Å². The van der Waals surface area contributed by atoms with Crippen molar-refractivity contribution in [2.45, 2.75) is 66.2 Å². The van der Waals surface area contributed by atoms with Gasteiger partial charge in [-0.25, -0.2) is 0 Å². The van der Waals surface area contributed by atoms with Crippen molar-refractivity contribution in [3.63, 3.8) is 0 Å². The monoisotopic (exact) mass is 543 g/mol. The van der Waals surface area contributed by atoms with Gasteiger partial charge in [-0.05, 0) is 58.0 Å². The average Bonchev–Trinajstić information content (AvgIpc) is 2.48. The predicted molar refractivity (Wildman–Crippen MR) is 90.1 cm³/mol. The third-order valence-corrected chi connectivity index (χ3v) is 3.30. The van der Waals surface area contributed by atoms with Crippen LogP contribution in [0.1, 0.15) is 65.0 Å². The number of nitrogens with zero attached hydrogens (tertiary/aromatic N) is 2.